The Hall–Kier alpha value is -6.11. The molecule has 7 aromatic rings. The van der Waals surface area contributed by atoms with Crippen LogP contribution in [0.3, 0.4) is 0 Å². The number of piperazine rings is 2. The number of benzene rings is 4. The van der Waals surface area contributed by atoms with Crippen LogP contribution in [0.5, 0.6) is 17.4 Å². The number of esters is 1. The highest BCUT2D eigenvalue weighted by molar-refractivity contribution is 7.22. The molecule has 2 saturated heterocycles. The number of rotatable bonds is 14. The van der Waals surface area contributed by atoms with Gasteiger partial charge < -0.3 is 28.7 Å². The molecule has 0 spiro atoms. The van der Waals surface area contributed by atoms with Crippen molar-refractivity contribution in [2.45, 2.75) is 46.1 Å². The molecule has 0 saturated carbocycles. The first-order chi connectivity index (χ1) is 36.0. The summed E-state index contributed by atoms with van der Waals surface area (Å²) in [6.07, 6.45) is 2.15. The summed E-state index contributed by atoms with van der Waals surface area (Å²) in [7, 11) is 4.33. The van der Waals surface area contributed by atoms with Gasteiger partial charge in [0.2, 0.25) is 12.0 Å². The third-order valence-electron chi connectivity index (χ3n) is 14.2. The molecule has 7 heterocycles. The van der Waals surface area contributed by atoms with Crippen molar-refractivity contribution in [3.8, 4) is 50.3 Å². The average molecular weight is 1040 g/mol. The number of thiophene rings is 1. The third kappa shape index (κ3) is 12.2. The molecule has 1 atom stereocenters. The summed E-state index contributed by atoms with van der Waals surface area (Å²) in [5, 5.41) is 1.27. The van der Waals surface area contributed by atoms with Crippen molar-refractivity contribution in [1.82, 2.24) is 44.4 Å². The number of carbonyl (C=O) groups excluding carboxylic acids is 1. The zero-order valence-corrected chi connectivity index (χ0v) is 44.1. The average Bonchev–Trinajstić information content (AvgIpc) is 3.81. The Labute approximate surface area is 441 Å². The zero-order valence-electron chi connectivity index (χ0n) is 42.6. The smallest absolute Gasteiger partial charge is 0.347 e. The van der Waals surface area contributed by atoms with E-state index in [1.165, 1.54) is 29.8 Å². The Morgan fingerprint density at radius 1 is 0.797 bits per heavy atom. The number of fused-ring (bicyclic) bond motifs is 6. The van der Waals surface area contributed by atoms with E-state index in [-0.39, 0.29) is 31.3 Å². The first-order valence-electron chi connectivity index (χ1n) is 25.5. The van der Waals surface area contributed by atoms with E-state index in [0.717, 1.165) is 127 Å². The first-order valence-corrected chi connectivity index (χ1v) is 26.7. The molecule has 4 aliphatic rings. The normalized spacial score (nSPS) is 17.4. The Balaban J connectivity index is 0.991. The van der Waals surface area contributed by atoms with Crippen LogP contribution in [0.25, 0.3) is 43.2 Å². The number of halogens is 2. The van der Waals surface area contributed by atoms with Crippen molar-refractivity contribution in [2.75, 3.05) is 99.3 Å². The number of hydrogen-bond acceptors (Lipinski definition) is 15. The van der Waals surface area contributed by atoms with Gasteiger partial charge in [0.15, 0.2) is 5.82 Å². The molecule has 0 amide bonds. The second-order valence-corrected chi connectivity index (χ2v) is 20.8. The van der Waals surface area contributed by atoms with Crippen molar-refractivity contribution in [3.63, 3.8) is 0 Å². The van der Waals surface area contributed by atoms with Gasteiger partial charge in [-0.05, 0) is 97.7 Å². The highest BCUT2D eigenvalue weighted by Crippen LogP contribution is 2.49. The highest BCUT2D eigenvalue weighted by Gasteiger charge is 2.30. The molecule has 11 rings (SSSR count). The van der Waals surface area contributed by atoms with Crippen LogP contribution in [0.2, 0.25) is 5.02 Å². The maximum atomic E-state index is 14.4. The number of ether oxygens (including phenoxy) is 4. The Bertz CT molecular complexity index is 3070. The molecule has 0 radical (unpaired) electrons. The summed E-state index contributed by atoms with van der Waals surface area (Å²) in [4.78, 5) is 46.8. The molecule has 386 valence electrons. The summed E-state index contributed by atoms with van der Waals surface area (Å²) in [5.41, 5.74) is 7.63. The minimum atomic E-state index is -1.14. The fourth-order valence-electron chi connectivity index (χ4n) is 9.89. The molecule has 4 bridgehead atoms. The van der Waals surface area contributed by atoms with Crippen LogP contribution in [-0.4, -0.2) is 156 Å². The number of nitrogens with zero attached hydrogens (tertiary/aromatic N) is 9. The SMILES string of the molecule is CCOC(=O)[C@H]1Cc2cc(ccc2OCc2ccnc(-c3cccc(OCCN4CCN(C)CC4)c3)n2)CN(CCN2CCN(C)CC2)Cc2ccc(c(C)c2Cl)-c2c(-c3ccc(F)cc3)sc3ncnc(c23)O1. The van der Waals surface area contributed by atoms with Gasteiger partial charge in [-0.1, -0.05) is 60.1 Å². The van der Waals surface area contributed by atoms with Gasteiger partial charge in [0.25, 0.3) is 0 Å². The quantitative estimate of drug-likeness (QED) is 0.0964. The van der Waals surface area contributed by atoms with Gasteiger partial charge in [0, 0.05) is 119 Å². The molecule has 0 unspecified atom stereocenters. The van der Waals surface area contributed by atoms with Crippen molar-refractivity contribution in [1.29, 1.82) is 0 Å². The molecule has 2 fully saturated rings. The molecule has 17 heteroatoms. The molecule has 4 aliphatic heterocycles. The molecule has 0 aliphatic carbocycles. The van der Waals surface area contributed by atoms with E-state index in [1.807, 2.05) is 43.3 Å². The van der Waals surface area contributed by atoms with Crippen molar-refractivity contribution < 1.29 is 28.1 Å². The van der Waals surface area contributed by atoms with E-state index in [9.17, 15) is 9.18 Å². The number of hydrogen-bond donors (Lipinski definition) is 0. The Morgan fingerprint density at radius 2 is 1.55 bits per heavy atom. The molecule has 0 N–H and O–H groups in total. The van der Waals surface area contributed by atoms with Crippen molar-refractivity contribution in [3.05, 3.63) is 136 Å². The summed E-state index contributed by atoms with van der Waals surface area (Å²) in [5.74, 6) is 1.23. The second kappa shape index (κ2) is 23.6. The fourth-order valence-corrected chi connectivity index (χ4v) is 11.3. The lowest BCUT2D eigenvalue weighted by atomic mass is 9.94. The van der Waals surface area contributed by atoms with Crippen LogP contribution >= 0.6 is 22.9 Å². The lowest BCUT2D eigenvalue weighted by Crippen LogP contribution is -2.46. The first kappa shape index (κ1) is 51.4. The number of aromatic nitrogens is 4. The minimum absolute atomic E-state index is 0.105. The van der Waals surface area contributed by atoms with E-state index >= 15 is 0 Å². The number of likely N-dealkylation sites (N-methyl/N-ethyl adjacent to an activating group) is 2. The molecule has 4 aromatic carbocycles. The maximum absolute atomic E-state index is 14.4. The predicted molar refractivity (Wildman–Crippen MR) is 288 cm³/mol. The van der Waals surface area contributed by atoms with Crippen molar-refractivity contribution >= 4 is 39.1 Å². The molecule has 3 aromatic heterocycles. The molecular weight excluding hydrogens is 977 g/mol. The van der Waals surface area contributed by atoms with Gasteiger partial charge in [0.05, 0.1) is 17.7 Å². The van der Waals surface area contributed by atoms with Crippen LogP contribution in [0.4, 0.5) is 4.39 Å². The van der Waals surface area contributed by atoms with Crippen molar-refractivity contribution in [2.24, 2.45) is 0 Å². The second-order valence-electron chi connectivity index (χ2n) is 19.4. The van der Waals surface area contributed by atoms with Crippen LogP contribution in [0.1, 0.15) is 34.9 Å². The number of carbonyl (C=O) groups is 1. The molecule has 14 nitrogen and oxygen atoms in total. The van der Waals surface area contributed by atoms with Crippen LogP contribution < -0.4 is 14.2 Å². The minimum Gasteiger partial charge on any atom is -0.492 e. The predicted octanol–water partition coefficient (Wildman–Crippen LogP) is 8.90. The van der Waals surface area contributed by atoms with E-state index in [2.05, 4.69) is 67.8 Å². The lowest BCUT2D eigenvalue weighted by Gasteiger charge is -2.34. The molecule has 74 heavy (non-hydrogen) atoms. The van der Waals surface area contributed by atoms with E-state index in [0.29, 0.717) is 52.2 Å². The zero-order chi connectivity index (χ0) is 51.1. The highest BCUT2D eigenvalue weighted by atomic mass is 35.5. The summed E-state index contributed by atoms with van der Waals surface area (Å²) in [6, 6.07) is 26.5. The fraction of sp³-hybridized carbons (Fsp3) is 0.386. The van der Waals surface area contributed by atoms with Gasteiger partial charge in [-0.2, -0.15) is 0 Å². The monoisotopic (exact) mass is 1040 g/mol. The van der Waals surface area contributed by atoms with Gasteiger partial charge in [-0.3, -0.25) is 14.7 Å². The summed E-state index contributed by atoms with van der Waals surface area (Å²) >= 11 is 8.91. The lowest BCUT2D eigenvalue weighted by molar-refractivity contribution is -0.151. The van der Waals surface area contributed by atoms with Crippen LogP contribution in [0.15, 0.2) is 97.5 Å². The summed E-state index contributed by atoms with van der Waals surface area (Å²) < 4.78 is 39.9. The van der Waals surface area contributed by atoms with E-state index in [1.54, 1.807) is 25.3 Å². The maximum Gasteiger partial charge on any atom is 0.347 e. The Morgan fingerprint density at radius 3 is 2.32 bits per heavy atom. The van der Waals surface area contributed by atoms with Gasteiger partial charge in [-0.15, -0.1) is 11.3 Å². The van der Waals surface area contributed by atoms with Gasteiger partial charge >= 0.3 is 5.97 Å². The topological polar surface area (TPSA) is 122 Å². The van der Waals surface area contributed by atoms with E-state index in [4.69, 9.17) is 45.5 Å². The Kier molecular flexibility index (Phi) is 16.4. The molecular formula is C57H63ClFN9O5S. The van der Waals surface area contributed by atoms with Crippen LogP contribution in [-0.2, 0) is 35.6 Å². The van der Waals surface area contributed by atoms with Crippen LogP contribution in [0, 0.1) is 12.7 Å². The standard InChI is InChI=1S/C57H63ClFN9O5S/c1-5-70-57(69)49-33-43-31-39(9-16-48(43)72-36-45-17-18-60-54(63-45)41-7-6-8-46(32-41)71-30-29-67-25-21-65(4)22-26-67)34-68(28-27-66-23-19-64(3)20-24-66)35-42-12-15-47(38(2)52(42)58)50-51-55(73-49)61-37-62-56(51)74-53(50)40-10-13-44(59)14-11-40/h6-18,31-32,37,49H,5,19-30,33-36H2,1-4H3/t49-/m1/s1. The largest absolute Gasteiger partial charge is 0.492 e. The van der Waals surface area contributed by atoms with E-state index < -0.39 is 12.1 Å². The third-order valence-corrected chi connectivity index (χ3v) is 15.9. The van der Waals surface area contributed by atoms with Gasteiger partial charge in [-0.25, -0.2) is 29.1 Å². The van der Waals surface area contributed by atoms with Gasteiger partial charge in [0.1, 0.15) is 41.7 Å². The summed E-state index contributed by atoms with van der Waals surface area (Å²) in [6.45, 7) is 16.7.